The first-order valence-electron chi connectivity index (χ1n) is 5.80. The fourth-order valence-corrected chi connectivity index (χ4v) is 1.94. The van der Waals surface area contributed by atoms with Crippen LogP contribution in [0.5, 0.6) is 0 Å². The fraction of sp³-hybridized carbons (Fsp3) is 0.154. The lowest BCUT2D eigenvalue weighted by molar-refractivity contribution is 0.0514. The van der Waals surface area contributed by atoms with Gasteiger partial charge in [-0.2, -0.15) is 0 Å². The number of carbonyl (C=O) groups excluding carboxylic acids is 1. The first kappa shape index (κ1) is 11.6. The second-order valence-electron chi connectivity index (χ2n) is 3.99. The minimum absolute atomic E-state index is 0.121. The highest BCUT2D eigenvalue weighted by molar-refractivity contribution is 6.03. The van der Waals surface area contributed by atoms with Crippen LogP contribution in [0.3, 0.4) is 0 Å². The maximum atomic E-state index is 13.1. The highest BCUT2D eigenvalue weighted by atomic mass is 19.1. The molecule has 96 valence electrons. The standard InChI is InChI=1S/C13H10FN3O2/c1-2-19-13(18)12-16-10-6-15-9-5-7(14)3-4-8(9)11(10)17-12/h3-6H,2H2,1H3,(H,16,17). The van der Waals surface area contributed by atoms with E-state index in [0.29, 0.717) is 21.9 Å². The Hall–Kier alpha value is -2.50. The van der Waals surface area contributed by atoms with Crippen molar-refractivity contribution in [3.8, 4) is 0 Å². The molecule has 2 heterocycles. The van der Waals surface area contributed by atoms with E-state index in [-0.39, 0.29) is 18.2 Å². The van der Waals surface area contributed by atoms with E-state index in [2.05, 4.69) is 15.0 Å². The van der Waals surface area contributed by atoms with Gasteiger partial charge in [-0.3, -0.25) is 4.98 Å². The van der Waals surface area contributed by atoms with Gasteiger partial charge >= 0.3 is 5.97 Å². The molecule has 0 fully saturated rings. The van der Waals surface area contributed by atoms with Crippen LogP contribution in [0.25, 0.3) is 21.9 Å². The lowest BCUT2D eigenvalue weighted by atomic mass is 10.2. The summed E-state index contributed by atoms with van der Waals surface area (Å²) in [5, 5.41) is 0.710. The summed E-state index contributed by atoms with van der Waals surface area (Å²) in [5.41, 5.74) is 1.70. The van der Waals surface area contributed by atoms with Gasteiger partial charge in [-0.05, 0) is 19.1 Å². The third-order valence-corrected chi connectivity index (χ3v) is 2.76. The Morgan fingerprint density at radius 3 is 3.05 bits per heavy atom. The Morgan fingerprint density at radius 1 is 1.42 bits per heavy atom. The second kappa shape index (κ2) is 4.31. The number of nitrogens with one attached hydrogen (secondary N) is 1. The van der Waals surface area contributed by atoms with Crippen molar-refractivity contribution in [2.45, 2.75) is 6.92 Å². The number of aromatic nitrogens is 3. The second-order valence-corrected chi connectivity index (χ2v) is 3.99. The van der Waals surface area contributed by atoms with Crippen molar-refractivity contribution in [1.29, 1.82) is 0 Å². The van der Waals surface area contributed by atoms with Gasteiger partial charge in [-0.25, -0.2) is 14.2 Å². The maximum absolute atomic E-state index is 13.1. The average molecular weight is 259 g/mol. The number of nitrogens with zero attached hydrogens (tertiary/aromatic N) is 2. The number of halogens is 1. The van der Waals surface area contributed by atoms with E-state index < -0.39 is 5.97 Å². The number of pyridine rings is 1. The van der Waals surface area contributed by atoms with Gasteiger partial charge in [0.15, 0.2) is 0 Å². The van der Waals surface area contributed by atoms with Crippen LogP contribution in [0, 0.1) is 5.82 Å². The summed E-state index contributed by atoms with van der Waals surface area (Å²) in [4.78, 5) is 22.7. The number of esters is 1. The molecule has 0 saturated carbocycles. The Balaban J connectivity index is 2.22. The summed E-state index contributed by atoms with van der Waals surface area (Å²) in [6.07, 6.45) is 1.50. The van der Waals surface area contributed by atoms with Gasteiger partial charge in [0.05, 0.1) is 23.8 Å². The molecule has 0 aliphatic carbocycles. The molecular formula is C13H10FN3O2. The number of imidazole rings is 1. The van der Waals surface area contributed by atoms with Crippen molar-refractivity contribution in [1.82, 2.24) is 15.0 Å². The summed E-state index contributed by atoms with van der Waals surface area (Å²) < 4.78 is 18.0. The Labute approximate surface area is 107 Å². The maximum Gasteiger partial charge on any atom is 0.374 e. The molecule has 3 rings (SSSR count). The van der Waals surface area contributed by atoms with Crippen LogP contribution in [0.4, 0.5) is 4.39 Å². The zero-order chi connectivity index (χ0) is 13.4. The van der Waals surface area contributed by atoms with Crippen LogP contribution in [-0.4, -0.2) is 27.5 Å². The quantitative estimate of drug-likeness (QED) is 0.718. The smallest absolute Gasteiger partial charge is 0.374 e. The van der Waals surface area contributed by atoms with Crippen molar-refractivity contribution in [2.75, 3.05) is 6.61 Å². The SMILES string of the molecule is CCOC(=O)c1nc2cnc3cc(F)ccc3c2[nH]1. The monoisotopic (exact) mass is 259 g/mol. The molecule has 0 aliphatic rings. The summed E-state index contributed by atoms with van der Waals surface area (Å²) in [7, 11) is 0. The Bertz CT molecular complexity index is 782. The van der Waals surface area contributed by atoms with Crippen LogP contribution in [-0.2, 0) is 4.74 Å². The number of ether oxygens (including phenoxy) is 1. The van der Waals surface area contributed by atoms with Crippen LogP contribution in [0.15, 0.2) is 24.4 Å². The highest BCUT2D eigenvalue weighted by Crippen LogP contribution is 2.22. The molecule has 0 bridgehead atoms. The lowest BCUT2D eigenvalue weighted by Gasteiger charge is -1.97. The van der Waals surface area contributed by atoms with Gasteiger partial charge < -0.3 is 9.72 Å². The molecule has 0 radical (unpaired) electrons. The number of hydrogen-bond donors (Lipinski definition) is 1. The summed E-state index contributed by atoms with van der Waals surface area (Å²) >= 11 is 0. The molecule has 1 aromatic carbocycles. The van der Waals surface area contributed by atoms with Crippen molar-refractivity contribution in [2.24, 2.45) is 0 Å². The molecule has 0 atom stereocenters. The number of H-pyrrole nitrogens is 1. The number of fused-ring (bicyclic) bond motifs is 3. The van der Waals surface area contributed by atoms with Gasteiger partial charge in [0.2, 0.25) is 5.82 Å². The summed E-state index contributed by atoms with van der Waals surface area (Å²) in [6, 6.07) is 4.28. The normalized spacial score (nSPS) is 11.1. The van der Waals surface area contributed by atoms with Gasteiger partial charge in [0, 0.05) is 11.5 Å². The van der Waals surface area contributed by atoms with E-state index in [1.807, 2.05) is 0 Å². The number of aromatic amines is 1. The zero-order valence-electron chi connectivity index (χ0n) is 10.1. The van der Waals surface area contributed by atoms with Crippen LogP contribution in [0.1, 0.15) is 17.5 Å². The van der Waals surface area contributed by atoms with Crippen LogP contribution < -0.4 is 0 Å². The number of carbonyl (C=O) groups is 1. The van der Waals surface area contributed by atoms with Gasteiger partial charge in [0.1, 0.15) is 11.3 Å². The predicted octanol–water partition coefficient (Wildman–Crippen LogP) is 2.43. The molecule has 0 unspecified atom stereocenters. The van der Waals surface area contributed by atoms with Gasteiger partial charge in [0.25, 0.3) is 0 Å². The molecule has 6 heteroatoms. The third kappa shape index (κ3) is 1.91. The summed E-state index contributed by atoms with van der Waals surface area (Å²) in [5.74, 6) is -0.756. The Kier molecular flexibility index (Phi) is 2.63. The molecular weight excluding hydrogens is 249 g/mol. The van der Waals surface area contributed by atoms with E-state index in [9.17, 15) is 9.18 Å². The average Bonchev–Trinajstić information content (AvgIpc) is 2.82. The molecule has 19 heavy (non-hydrogen) atoms. The van der Waals surface area contributed by atoms with Crippen molar-refractivity contribution >= 4 is 27.9 Å². The van der Waals surface area contributed by atoms with Crippen molar-refractivity contribution < 1.29 is 13.9 Å². The minimum atomic E-state index is -0.519. The van der Waals surface area contributed by atoms with Crippen LogP contribution in [0.2, 0.25) is 0 Å². The minimum Gasteiger partial charge on any atom is -0.460 e. The molecule has 0 aliphatic heterocycles. The first-order valence-corrected chi connectivity index (χ1v) is 5.80. The molecule has 0 saturated heterocycles. The highest BCUT2D eigenvalue weighted by Gasteiger charge is 2.14. The van der Waals surface area contributed by atoms with E-state index in [1.165, 1.54) is 18.3 Å². The van der Waals surface area contributed by atoms with Gasteiger partial charge in [-0.1, -0.05) is 0 Å². The van der Waals surface area contributed by atoms with E-state index in [4.69, 9.17) is 4.74 Å². The third-order valence-electron chi connectivity index (χ3n) is 2.76. The molecule has 2 aromatic heterocycles. The molecule has 0 amide bonds. The van der Waals surface area contributed by atoms with E-state index >= 15 is 0 Å². The van der Waals surface area contributed by atoms with E-state index in [1.54, 1.807) is 13.0 Å². The van der Waals surface area contributed by atoms with Gasteiger partial charge in [-0.15, -0.1) is 0 Å². The summed E-state index contributed by atoms with van der Waals surface area (Å²) in [6.45, 7) is 2.00. The number of benzene rings is 1. The van der Waals surface area contributed by atoms with Crippen LogP contribution >= 0.6 is 0 Å². The fourth-order valence-electron chi connectivity index (χ4n) is 1.94. The number of rotatable bonds is 2. The molecule has 1 N–H and O–H groups in total. The lowest BCUT2D eigenvalue weighted by Crippen LogP contribution is -2.06. The Morgan fingerprint density at radius 2 is 2.26 bits per heavy atom. The zero-order valence-corrected chi connectivity index (χ0v) is 10.1. The molecule has 5 nitrogen and oxygen atoms in total. The van der Waals surface area contributed by atoms with Crippen molar-refractivity contribution in [3.05, 3.63) is 36.0 Å². The molecule has 3 aromatic rings. The van der Waals surface area contributed by atoms with E-state index in [0.717, 1.165) is 0 Å². The molecule has 0 spiro atoms. The largest absolute Gasteiger partial charge is 0.460 e. The predicted molar refractivity (Wildman–Crippen MR) is 67.3 cm³/mol. The first-order chi connectivity index (χ1) is 9.19. The number of hydrogen-bond acceptors (Lipinski definition) is 4. The van der Waals surface area contributed by atoms with Crippen molar-refractivity contribution in [3.63, 3.8) is 0 Å². The topological polar surface area (TPSA) is 67.9 Å².